The fourth-order valence-corrected chi connectivity index (χ4v) is 4.42. The molecule has 7 nitrogen and oxygen atoms in total. The van der Waals surface area contributed by atoms with Crippen LogP contribution in [0.15, 0.2) is 35.3 Å². The summed E-state index contributed by atoms with van der Waals surface area (Å²) < 4.78 is 3.13. The van der Waals surface area contributed by atoms with E-state index in [-0.39, 0.29) is 18.0 Å². The van der Waals surface area contributed by atoms with Crippen LogP contribution in [0.2, 0.25) is 0 Å². The van der Waals surface area contributed by atoms with Crippen LogP contribution in [0.3, 0.4) is 0 Å². The van der Waals surface area contributed by atoms with E-state index in [4.69, 9.17) is 0 Å². The number of aryl methyl sites for hydroxylation is 1. The highest BCUT2D eigenvalue weighted by Crippen LogP contribution is 2.24. The van der Waals surface area contributed by atoms with Gasteiger partial charge in [-0.3, -0.25) is 9.59 Å². The molecule has 0 bridgehead atoms. The quantitative estimate of drug-likeness (QED) is 0.650. The van der Waals surface area contributed by atoms with Gasteiger partial charge in [0.05, 0.1) is 6.20 Å². The molecule has 4 rings (SSSR count). The Balaban J connectivity index is 1.39. The van der Waals surface area contributed by atoms with Crippen LogP contribution in [0.25, 0.3) is 21.8 Å². The van der Waals surface area contributed by atoms with Gasteiger partial charge in [0.15, 0.2) is 0 Å². The molecule has 1 N–H and O–H groups in total. The second kappa shape index (κ2) is 8.37. The maximum absolute atomic E-state index is 12.9. The summed E-state index contributed by atoms with van der Waals surface area (Å²) in [5.41, 5.74) is 1.32. The Morgan fingerprint density at radius 1 is 1.24 bits per heavy atom. The molecule has 0 unspecified atom stereocenters. The van der Waals surface area contributed by atoms with Crippen molar-refractivity contribution in [2.45, 2.75) is 45.2 Å². The number of piperidine rings is 1. The van der Waals surface area contributed by atoms with Crippen molar-refractivity contribution in [2.75, 3.05) is 19.6 Å². The number of nitrogens with zero attached hydrogens (tertiary/aromatic N) is 4. The van der Waals surface area contributed by atoms with Gasteiger partial charge in [0.25, 0.3) is 5.56 Å². The number of carbonyl (C=O) groups is 1. The standard InChI is InChI=1S/C22H29N5O2/c1-16-8-5-6-12-26(16)13-7-11-23-20(28)15-27-22(29)21-18(14-24-27)17-9-3-4-10-19(17)25(21)2/h3-4,9-10,14,16H,5-8,11-13,15H2,1-2H3,(H,23,28)/t16-/m1/s1. The Bertz CT molecular complexity index is 1080. The predicted molar refractivity (Wildman–Crippen MR) is 115 cm³/mol. The highest BCUT2D eigenvalue weighted by Gasteiger charge is 2.18. The van der Waals surface area contributed by atoms with Gasteiger partial charge in [-0.15, -0.1) is 0 Å². The number of fused-ring (bicyclic) bond motifs is 3. The molecule has 1 atom stereocenters. The average Bonchev–Trinajstić information content (AvgIpc) is 3.02. The number of hydrogen-bond donors (Lipinski definition) is 1. The van der Waals surface area contributed by atoms with Gasteiger partial charge < -0.3 is 14.8 Å². The molecular formula is C22H29N5O2. The zero-order chi connectivity index (χ0) is 20.4. The van der Waals surface area contributed by atoms with Crippen molar-refractivity contribution in [3.05, 3.63) is 40.8 Å². The summed E-state index contributed by atoms with van der Waals surface area (Å²) in [5.74, 6) is -0.176. The maximum atomic E-state index is 12.9. The van der Waals surface area contributed by atoms with Gasteiger partial charge in [-0.2, -0.15) is 5.10 Å². The molecule has 1 aliphatic rings. The molecule has 154 valence electrons. The number of para-hydroxylation sites is 1. The summed E-state index contributed by atoms with van der Waals surface area (Å²) in [5, 5.41) is 8.99. The highest BCUT2D eigenvalue weighted by atomic mass is 16.2. The number of aromatic nitrogens is 3. The summed E-state index contributed by atoms with van der Waals surface area (Å²) in [6.45, 7) is 4.99. The second-order valence-corrected chi connectivity index (χ2v) is 8.03. The highest BCUT2D eigenvalue weighted by molar-refractivity contribution is 6.07. The van der Waals surface area contributed by atoms with Crippen LogP contribution in [0.1, 0.15) is 32.6 Å². The van der Waals surface area contributed by atoms with Gasteiger partial charge in [-0.1, -0.05) is 24.6 Å². The monoisotopic (exact) mass is 395 g/mol. The Morgan fingerprint density at radius 2 is 2.07 bits per heavy atom. The van der Waals surface area contributed by atoms with E-state index in [1.165, 1.54) is 23.9 Å². The van der Waals surface area contributed by atoms with Crippen molar-refractivity contribution in [3.8, 4) is 0 Å². The molecule has 0 saturated carbocycles. The molecule has 0 aliphatic carbocycles. The number of nitrogens with one attached hydrogen (secondary N) is 1. The van der Waals surface area contributed by atoms with Crippen LogP contribution in [0, 0.1) is 0 Å². The molecule has 1 saturated heterocycles. The van der Waals surface area contributed by atoms with Gasteiger partial charge >= 0.3 is 0 Å². The lowest BCUT2D eigenvalue weighted by Crippen LogP contribution is -2.40. The third-order valence-corrected chi connectivity index (χ3v) is 6.09. The van der Waals surface area contributed by atoms with E-state index in [9.17, 15) is 9.59 Å². The van der Waals surface area contributed by atoms with Crippen LogP contribution in [-0.2, 0) is 18.4 Å². The van der Waals surface area contributed by atoms with E-state index in [0.717, 1.165) is 35.8 Å². The number of hydrogen-bond acceptors (Lipinski definition) is 4. The van der Waals surface area contributed by atoms with Crippen LogP contribution in [-0.4, -0.2) is 50.8 Å². The van der Waals surface area contributed by atoms with Gasteiger partial charge in [0, 0.05) is 42.5 Å². The molecule has 2 aromatic heterocycles. The summed E-state index contributed by atoms with van der Waals surface area (Å²) in [7, 11) is 1.87. The second-order valence-electron chi connectivity index (χ2n) is 8.03. The number of benzene rings is 1. The third-order valence-electron chi connectivity index (χ3n) is 6.09. The lowest BCUT2D eigenvalue weighted by atomic mass is 10.0. The number of likely N-dealkylation sites (tertiary alicyclic amines) is 1. The first-order chi connectivity index (χ1) is 14.1. The minimum atomic E-state index is -0.238. The van der Waals surface area contributed by atoms with Crippen molar-refractivity contribution in [1.82, 2.24) is 24.6 Å². The molecular weight excluding hydrogens is 366 g/mol. The molecule has 1 fully saturated rings. The van der Waals surface area contributed by atoms with E-state index in [1.807, 2.05) is 35.9 Å². The molecule has 0 radical (unpaired) electrons. The average molecular weight is 396 g/mol. The Hall–Kier alpha value is -2.67. The fourth-order valence-electron chi connectivity index (χ4n) is 4.42. The van der Waals surface area contributed by atoms with Crippen LogP contribution < -0.4 is 10.9 Å². The molecule has 3 heterocycles. The molecule has 0 spiro atoms. The smallest absolute Gasteiger partial charge is 0.291 e. The summed E-state index contributed by atoms with van der Waals surface area (Å²) in [6.07, 6.45) is 6.45. The van der Waals surface area contributed by atoms with E-state index >= 15 is 0 Å². The van der Waals surface area contributed by atoms with Gasteiger partial charge in [0.2, 0.25) is 5.91 Å². The molecule has 1 aliphatic heterocycles. The van der Waals surface area contributed by atoms with E-state index < -0.39 is 0 Å². The molecule has 29 heavy (non-hydrogen) atoms. The van der Waals surface area contributed by atoms with E-state index in [1.54, 1.807) is 6.20 Å². The topological polar surface area (TPSA) is 72.2 Å². The number of amides is 1. The van der Waals surface area contributed by atoms with Gasteiger partial charge in [-0.05, 0) is 38.8 Å². The fraction of sp³-hybridized carbons (Fsp3) is 0.500. The minimum Gasteiger partial charge on any atom is -0.354 e. The Labute approximate surface area is 170 Å². The van der Waals surface area contributed by atoms with Crippen molar-refractivity contribution < 1.29 is 4.79 Å². The maximum Gasteiger partial charge on any atom is 0.291 e. The van der Waals surface area contributed by atoms with E-state index in [0.29, 0.717) is 18.1 Å². The zero-order valence-electron chi connectivity index (χ0n) is 17.2. The molecule has 1 amide bonds. The summed E-state index contributed by atoms with van der Waals surface area (Å²) in [6, 6.07) is 8.50. The molecule has 1 aromatic carbocycles. The summed E-state index contributed by atoms with van der Waals surface area (Å²) >= 11 is 0. The molecule has 3 aromatic rings. The Morgan fingerprint density at radius 3 is 2.90 bits per heavy atom. The van der Waals surface area contributed by atoms with Gasteiger partial charge in [-0.25, -0.2) is 4.68 Å². The normalized spacial score (nSPS) is 17.8. The first kappa shape index (κ1) is 19.6. The zero-order valence-corrected chi connectivity index (χ0v) is 17.2. The SMILES string of the molecule is C[C@@H]1CCCCN1CCCNC(=O)Cn1ncc2c3ccccc3n(C)c2c1=O. The largest absolute Gasteiger partial charge is 0.354 e. The van der Waals surface area contributed by atoms with Crippen LogP contribution >= 0.6 is 0 Å². The van der Waals surface area contributed by atoms with E-state index in [2.05, 4.69) is 22.2 Å². The first-order valence-electron chi connectivity index (χ1n) is 10.5. The summed E-state index contributed by atoms with van der Waals surface area (Å²) in [4.78, 5) is 27.8. The number of rotatable bonds is 6. The van der Waals surface area contributed by atoms with Crippen molar-refractivity contribution in [1.29, 1.82) is 0 Å². The lowest BCUT2D eigenvalue weighted by molar-refractivity contribution is -0.121. The Kier molecular flexibility index (Phi) is 5.67. The van der Waals surface area contributed by atoms with Crippen LogP contribution in [0.4, 0.5) is 0 Å². The third kappa shape index (κ3) is 3.92. The van der Waals surface area contributed by atoms with Crippen molar-refractivity contribution in [2.24, 2.45) is 7.05 Å². The van der Waals surface area contributed by atoms with Crippen LogP contribution in [0.5, 0.6) is 0 Å². The predicted octanol–water partition coefficient (Wildman–Crippen LogP) is 2.27. The molecule has 7 heteroatoms. The minimum absolute atomic E-state index is 0.0591. The van der Waals surface area contributed by atoms with Crippen molar-refractivity contribution in [3.63, 3.8) is 0 Å². The van der Waals surface area contributed by atoms with Gasteiger partial charge in [0.1, 0.15) is 12.1 Å². The lowest BCUT2D eigenvalue weighted by Gasteiger charge is -2.33. The first-order valence-corrected chi connectivity index (χ1v) is 10.5. The van der Waals surface area contributed by atoms with Crippen molar-refractivity contribution >= 4 is 27.7 Å². The number of carbonyl (C=O) groups excluding carboxylic acids is 1.